The van der Waals surface area contributed by atoms with Crippen molar-refractivity contribution in [2.75, 3.05) is 0 Å². The van der Waals surface area contributed by atoms with E-state index in [1.807, 2.05) is 18.2 Å². The summed E-state index contributed by atoms with van der Waals surface area (Å²) in [4.78, 5) is 0. The summed E-state index contributed by atoms with van der Waals surface area (Å²) >= 11 is 0. The van der Waals surface area contributed by atoms with E-state index in [0.29, 0.717) is 6.04 Å². The van der Waals surface area contributed by atoms with Gasteiger partial charge in [-0.1, -0.05) is 31.9 Å². The Morgan fingerprint density at radius 1 is 1.41 bits per heavy atom. The van der Waals surface area contributed by atoms with Crippen LogP contribution >= 0.6 is 0 Å². The van der Waals surface area contributed by atoms with Crippen molar-refractivity contribution in [3.05, 3.63) is 35.4 Å². The summed E-state index contributed by atoms with van der Waals surface area (Å²) in [5.41, 5.74) is 1.97. The van der Waals surface area contributed by atoms with Crippen LogP contribution in [0.4, 0.5) is 0 Å². The van der Waals surface area contributed by atoms with Crippen molar-refractivity contribution in [2.45, 2.75) is 45.2 Å². The van der Waals surface area contributed by atoms with Crippen LogP contribution in [0.15, 0.2) is 24.3 Å². The molecule has 2 atom stereocenters. The largest absolute Gasteiger partial charge is 0.310 e. The molecule has 1 N–H and O–H groups in total. The van der Waals surface area contributed by atoms with Crippen LogP contribution in [0, 0.1) is 17.2 Å². The van der Waals surface area contributed by atoms with E-state index in [4.69, 9.17) is 5.26 Å². The lowest BCUT2D eigenvalue weighted by Crippen LogP contribution is -2.31. The van der Waals surface area contributed by atoms with Gasteiger partial charge < -0.3 is 5.32 Å². The minimum absolute atomic E-state index is 0.672. The lowest BCUT2D eigenvalue weighted by Gasteiger charge is -2.19. The van der Waals surface area contributed by atoms with Crippen molar-refractivity contribution in [1.82, 2.24) is 5.32 Å². The molecule has 2 heteroatoms. The molecule has 0 aliphatic heterocycles. The molecule has 1 fully saturated rings. The summed E-state index contributed by atoms with van der Waals surface area (Å²) < 4.78 is 0. The van der Waals surface area contributed by atoms with Gasteiger partial charge in [-0.15, -0.1) is 0 Å². The zero-order valence-electron chi connectivity index (χ0n) is 10.4. The summed E-state index contributed by atoms with van der Waals surface area (Å²) in [6, 6.07) is 10.7. The summed E-state index contributed by atoms with van der Waals surface area (Å²) in [5.74, 6) is 0.842. The molecule has 0 amide bonds. The van der Waals surface area contributed by atoms with Gasteiger partial charge in [0, 0.05) is 12.6 Å². The molecule has 17 heavy (non-hydrogen) atoms. The molecule has 1 aliphatic carbocycles. The number of nitriles is 1. The first kappa shape index (κ1) is 12.1. The Hall–Kier alpha value is -1.33. The van der Waals surface area contributed by atoms with Gasteiger partial charge in [-0.3, -0.25) is 0 Å². The van der Waals surface area contributed by atoms with E-state index in [1.165, 1.54) is 31.2 Å². The normalized spacial score (nSPS) is 23.5. The quantitative estimate of drug-likeness (QED) is 0.858. The van der Waals surface area contributed by atoms with Gasteiger partial charge in [0.15, 0.2) is 0 Å². The van der Waals surface area contributed by atoms with Gasteiger partial charge in [-0.25, -0.2) is 0 Å². The predicted molar refractivity (Wildman–Crippen MR) is 69.4 cm³/mol. The van der Waals surface area contributed by atoms with Gasteiger partial charge in [0.05, 0.1) is 11.6 Å². The van der Waals surface area contributed by atoms with Crippen molar-refractivity contribution in [3.8, 4) is 6.07 Å². The third kappa shape index (κ3) is 3.08. The second kappa shape index (κ2) is 5.84. The summed E-state index contributed by atoms with van der Waals surface area (Å²) in [5, 5.41) is 12.5. The molecule has 1 aliphatic rings. The number of benzene rings is 1. The second-order valence-corrected chi connectivity index (χ2v) is 4.90. The smallest absolute Gasteiger partial charge is 0.0991 e. The van der Waals surface area contributed by atoms with Gasteiger partial charge in [0.2, 0.25) is 0 Å². The standard InChI is InChI=1S/C15H20N2/c1-2-14-7-4-8-15(14)17-11-13-6-3-5-12(9-13)10-16/h3,5-6,9,14-15,17H,2,4,7-8,11H2,1H3. The van der Waals surface area contributed by atoms with Crippen molar-refractivity contribution >= 4 is 0 Å². The highest BCUT2D eigenvalue weighted by atomic mass is 14.9. The van der Waals surface area contributed by atoms with E-state index in [9.17, 15) is 0 Å². The zero-order chi connectivity index (χ0) is 12.1. The van der Waals surface area contributed by atoms with Crippen molar-refractivity contribution < 1.29 is 0 Å². The average molecular weight is 228 g/mol. The molecule has 0 radical (unpaired) electrons. The van der Waals surface area contributed by atoms with Gasteiger partial charge >= 0.3 is 0 Å². The van der Waals surface area contributed by atoms with E-state index >= 15 is 0 Å². The molecule has 1 saturated carbocycles. The topological polar surface area (TPSA) is 35.8 Å². The molecule has 2 unspecified atom stereocenters. The Balaban J connectivity index is 1.91. The van der Waals surface area contributed by atoms with E-state index in [0.717, 1.165) is 18.0 Å². The molecule has 0 aromatic heterocycles. The molecule has 90 valence electrons. The minimum atomic E-state index is 0.672. The third-order valence-electron chi connectivity index (χ3n) is 3.81. The van der Waals surface area contributed by atoms with Crippen LogP contribution in [0.2, 0.25) is 0 Å². The molecule has 1 aromatic carbocycles. The first-order chi connectivity index (χ1) is 8.33. The van der Waals surface area contributed by atoms with Crippen LogP contribution in [0.25, 0.3) is 0 Å². The predicted octanol–water partition coefficient (Wildman–Crippen LogP) is 3.23. The van der Waals surface area contributed by atoms with Crippen LogP contribution in [0.3, 0.4) is 0 Å². The van der Waals surface area contributed by atoms with Crippen LogP contribution in [-0.4, -0.2) is 6.04 Å². The summed E-state index contributed by atoms with van der Waals surface area (Å²) in [7, 11) is 0. The van der Waals surface area contributed by atoms with E-state index in [-0.39, 0.29) is 0 Å². The van der Waals surface area contributed by atoms with Crippen LogP contribution < -0.4 is 5.32 Å². The Morgan fingerprint density at radius 3 is 3.06 bits per heavy atom. The monoisotopic (exact) mass is 228 g/mol. The van der Waals surface area contributed by atoms with Crippen LogP contribution in [-0.2, 0) is 6.54 Å². The van der Waals surface area contributed by atoms with Gasteiger partial charge in [-0.05, 0) is 36.5 Å². The summed E-state index contributed by atoms with van der Waals surface area (Å²) in [6.07, 6.45) is 5.30. The highest BCUT2D eigenvalue weighted by Gasteiger charge is 2.24. The van der Waals surface area contributed by atoms with Crippen LogP contribution in [0.5, 0.6) is 0 Å². The molecule has 0 saturated heterocycles. The number of rotatable bonds is 4. The van der Waals surface area contributed by atoms with Gasteiger partial charge in [0.1, 0.15) is 0 Å². The fourth-order valence-electron chi connectivity index (χ4n) is 2.79. The number of nitrogens with one attached hydrogen (secondary N) is 1. The maximum absolute atomic E-state index is 8.85. The maximum Gasteiger partial charge on any atom is 0.0991 e. The minimum Gasteiger partial charge on any atom is -0.310 e. The van der Waals surface area contributed by atoms with Crippen molar-refractivity contribution in [1.29, 1.82) is 5.26 Å². The van der Waals surface area contributed by atoms with Crippen molar-refractivity contribution in [3.63, 3.8) is 0 Å². The molecular formula is C15H20N2. The zero-order valence-corrected chi connectivity index (χ0v) is 10.4. The average Bonchev–Trinajstić information content (AvgIpc) is 2.84. The molecule has 0 spiro atoms. The van der Waals surface area contributed by atoms with Gasteiger partial charge in [0.25, 0.3) is 0 Å². The Bertz CT molecular complexity index is 406. The van der Waals surface area contributed by atoms with Crippen LogP contribution in [0.1, 0.15) is 43.7 Å². The third-order valence-corrected chi connectivity index (χ3v) is 3.81. The first-order valence-electron chi connectivity index (χ1n) is 6.56. The highest BCUT2D eigenvalue weighted by Crippen LogP contribution is 2.28. The first-order valence-corrected chi connectivity index (χ1v) is 6.56. The molecule has 2 nitrogen and oxygen atoms in total. The fraction of sp³-hybridized carbons (Fsp3) is 0.533. The molecule has 0 bridgehead atoms. The van der Waals surface area contributed by atoms with Gasteiger partial charge in [-0.2, -0.15) is 5.26 Å². The Kier molecular flexibility index (Phi) is 4.17. The molecular weight excluding hydrogens is 208 g/mol. The second-order valence-electron chi connectivity index (χ2n) is 4.90. The molecule has 1 aromatic rings. The molecule has 0 heterocycles. The van der Waals surface area contributed by atoms with Crippen molar-refractivity contribution in [2.24, 2.45) is 5.92 Å². The lowest BCUT2D eigenvalue weighted by molar-refractivity contribution is 0.389. The molecule has 2 rings (SSSR count). The van der Waals surface area contributed by atoms with E-state index < -0.39 is 0 Å². The van der Waals surface area contributed by atoms with E-state index in [1.54, 1.807) is 0 Å². The maximum atomic E-state index is 8.85. The summed E-state index contributed by atoms with van der Waals surface area (Å²) in [6.45, 7) is 3.16. The number of hydrogen-bond acceptors (Lipinski definition) is 2. The Morgan fingerprint density at radius 2 is 2.29 bits per heavy atom. The lowest BCUT2D eigenvalue weighted by atomic mass is 10.0. The SMILES string of the molecule is CCC1CCCC1NCc1cccc(C#N)c1. The Labute approximate surface area is 104 Å². The fourth-order valence-corrected chi connectivity index (χ4v) is 2.79. The number of nitrogens with zero attached hydrogens (tertiary/aromatic N) is 1. The number of hydrogen-bond donors (Lipinski definition) is 1. The van der Waals surface area contributed by atoms with E-state index in [2.05, 4.69) is 24.4 Å². The highest BCUT2D eigenvalue weighted by molar-refractivity contribution is 5.32.